The summed E-state index contributed by atoms with van der Waals surface area (Å²) in [4.78, 5) is 33.2. The van der Waals surface area contributed by atoms with Crippen molar-refractivity contribution in [3.05, 3.63) is 34.9 Å². The number of nitrogen functional groups attached to an aromatic ring is 1. The highest BCUT2D eigenvalue weighted by Crippen LogP contribution is 2.16. The molecule has 0 bridgehead atoms. The standard InChI is InChI=1S/C9H6Cl2N2O3/c10-7(14)4-1-2-5(8(11)15)6(3-4)9(16)13-12/h1-3H,12H2,(H,13,16). The van der Waals surface area contributed by atoms with Crippen LogP contribution in [0.5, 0.6) is 0 Å². The molecule has 0 atom stereocenters. The molecule has 84 valence electrons. The number of benzene rings is 1. The monoisotopic (exact) mass is 260 g/mol. The average molecular weight is 261 g/mol. The molecule has 1 aromatic rings. The van der Waals surface area contributed by atoms with Gasteiger partial charge in [0.1, 0.15) is 0 Å². The number of amides is 1. The minimum atomic E-state index is -0.827. The van der Waals surface area contributed by atoms with Crippen LogP contribution in [-0.2, 0) is 0 Å². The molecule has 7 heteroatoms. The highest BCUT2D eigenvalue weighted by molar-refractivity contribution is 6.69. The van der Waals surface area contributed by atoms with Crippen molar-refractivity contribution in [2.45, 2.75) is 0 Å². The van der Waals surface area contributed by atoms with E-state index in [1.807, 2.05) is 5.43 Å². The lowest BCUT2D eigenvalue weighted by Crippen LogP contribution is -2.31. The Hall–Kier alpha value is -1.43. The van der Waals surface area contributed by atoms with E-state index < -0.39 is 16.4 Å². The summed E-state index contributed by atoms with van der Waals surface area (Å²) in [6, 6.07) is 3.67. The van der Waals surface area contributed by atoms with Crippen LogP contribution in [0.2, 0.25) is 0 Å². The van der Waals surface area contributed by atoms with Crippen LogP contribution in [0.25, 0.3) is 0 Å². The molecule has 0 saturated carbocycles. The van der Waals surface area contributed by atoms with Crippen LogP contribution in [0.3, 0.4) is 0 Å². The molecule has 5 nitrogen and oxygen atoms in total. The van der Waals surface area contributed by atoms with Gasteiger partial charge in [-0.05, 0) is 41.4 Å². The quantitative estimate of drug-likeness (QED) is 0.368. The molecule has 0 spiro atoms. The maximum absolute atomic E-state index is 11.3. The second-order valence-electron chi connectivity index (χ2n) is 2.78. The number of carbonyl (C=O) groups excluding carboxylic acids is 3. The Bertz CT molecular complexity index is 474. The van der Waals surface area contributed by atoms with Crippen molar-refractivity contribution in [3.8, 4) is 0 Å². The molecule has 1 rings (SSSR count). The molecule has 0 saturated heterocycles. The van der Waals surface area contributed by atoms with Gasteiger partial charge in [0.05, 0.1) is 5.56 Å². The van der Waals surface area contributed by atoms with Crippen molar-refractivity contribution in [3.63, 3.8) is 0 Å². The van der Waals surface area contributed by atoms with Crippen LogP contribution in [0.4, 0.5) is 0 Å². The minimum Gasteiger partial charge on any atom is -0.290 e. The zero-order valence-corrected chi connectivity index (χ0v) is 9.30. The molecule has 1 aromatic carbocycles. The van der Waals surface area contributed by atoms with Crippen LogP contribution >= 0.6 is 23.2 Å². The summed E-state index contributed by atoms with van der Waals surface area (Å²) in [6.07, 6.45) is 0. The van der Waals surface area contributed by atoms with E-state index in [0.717, 1.165) is 6.07 Å². The Morgan fingerprint density at radius 2 is 1.69 bits per heavy atom. The van der Waals surface area contributed by atoms with Crippen LogP contribution in [0, 0.1) is 0 Å². The number of hydrogen-bond donors (Lipinski definition) is 2. The molecule has 0 aromatic heterocycles. The molecule has 1 amide bonds. The lowest BCUT2D eigenvalue weighted by atomic mass is 10.0. The first-order valence-electron chi connectivity index (χ1n) is 4.02. The van der Waals surface area contributed by atoms with E-state index in [-0.39, 0.29) is 16.7 Å². The van der Waals surface area contributed by atoms with Gasteiger partial charge in [0.15, 0.2) is 0 Å². The number of rotatable bonds is 3. The minimum absolute atomic E-state index is 0.0497. The van der Waals surface area contributed by atoms with Gasteiger partial charge in [-0.3, -0.25) is 19.8 Å². The van der Waals surface area contributed by atoms with Gasteiger partial charge in [0.2, 0.25) is 0 Å². The molecule has 0 fully saturated rings. The van der Waals surface area contributed by atoms with Crippen molar-refractivity contribution in [1.82, 2.24) is 5.43 Å². The van der Waals surface area contributed by atoms with Crippen molar-refractivity contribution < 1.29 is 14.4 Å². The van der Waals surface area contributed by atoms with E-state index in [2.05, 4.69) is 0 Å². The maximum atomic E-state index is 11.3. The number of nitrogens with one attached hydrogen (secondary N) is 1. The lowest BCUT2D eigenvalue weighted by Gasteiger charge is -2.05. The number of halogens is 2. The van der Waals surface area contributed by atoms with E-state index >= 15 is 0 Å². The lowest BCUT2D eigenvalue weighted by molar-refractivity contribution is 0.0946. The van der Waals surface area contributed by atoms with Gasteiger partial charge >= 0.3 is 0 Å². The number of hydrazine groups is 1. The van der Waals surface area contributed by atoms with E-state index in [1.165, 1.54) is 12.1 Å². The Kier molecular flexibility index (Phi) is 4.00. The Balaban J connectivity index is 3.38. The second-order valence-corrected chi connectivity index (χ2v) is 3.47. The summed E-state index contributed by atoms with van der Waals surface area (Å²) in [6.45, 7) is 0. The van der Waals surface area contributed by atoms with Gasteiger partial charge in [-0.1, -0.05) is 0 Å². The van der Waals surface area contributed by atoms with E-state index in [1.54, 1.807) is 0 Å². The highest BCUT2D eigenvalue weighted by atomic mass is 35.5. The SMILES string of the molecule is NNC(=O)c1cc(C(=O)Cl)ccc1C(=O)Cl. The summed E-state index contributed by atoms with van der Waals surface area (Å²) in [5, 5.41) is -1.58. The third-order valence-electron chi connectivity index (χ3n) is 1.83. The smallest absolute Gasteiger partial charge is 0.265 e. The third kappa shape index (κ3) is 2.57. The van der Waals surface area contributed by atoms with Gasteiger partial charge in [0, 0.05) is 11.1 Å². The summed E-state index contributed by atoms with van der Waals surface area (Å²) in [5.74, 6) is 4.19. The Morgan fingerprint density at radius 1 is 1.06 bits per heavy atom. The van der Waals surface area contributed by atoms with E-state index in [0.29, 0.717) is 0 Å². The number of carbonyl (C=O) groups is 3. The fourth-order valence-electron chi connectivity index (χ4n) is 1.10. The number of hydrogen-bond acceptors (Lipinski definition) is 4. The predicted molar refractivity (Wildman–Crippen MR) is 58.5 cm³/mol. The summed E-state index contributed by atoms with van der Waals surface area (Å²) in [7, 11) is 0. The molecule has 3 N–H and O–H groups in total. The van der Waals surface area contributed by atoms with Crippen LogP contribution < -0.4 is 11.3 Å². The second kappa shape index (κ2) is 5.07. The fourth-order valence-corrected chi connectivity index (χ4v) is 1.39. The van der Waals surface area contributed by atoms with Gasteiger partial charge < -0.3 is 0 Å². The first-order chi connectivity index (χ1) is 7.47. The van der Waals surface area contributed by atoms with Gasteiger partial charge in [0.25, 0.3) is 16.4 Å². The topological polar surface area (TPSA) is 89.3 Å². The molecule has 16 heavy (non-hydrogen) atoms. The Morgan fingerprint density at radius 3 is 2.12 bits per heavy atom. The van der Waals surface area contributed by atoms with Crippen molar-refractivity contribution in [2.75, 3.05) is 0 Å². The largest absolute Gasteiger partial charge is 0.290 e. The van der Waals surface area contributed by atoms with Gasteiger partial charge in [-0.15, -0.1) is 0 Å². The van der Waals surface area contributed by atoms with Crippen molar-refractivity contribution in [2.24, 2.45) is 5.84 Å². The molecular formula is C9H6Cl2N2O3. The summed E-state index contributed by atoms with van der Waals surface area (Å²) < 4.78 is 0. The van der Waals surface area contributed by atoms with Crippen LogP contribution in [0.15, 0.2) is 18.2 Å². The summed E-state index contributed by atoms with van der Waals surface area (Å²) in [5.41, 5.74) is 1.76. The highest BCUT2D eigenvalue weighted by Gasteiger charge is 2.17. The zero-order chi connectivity index (χ0) is 12.3. The average Bonchev–Trinajstić information content (AvgIpc) is 2.26. The van der Waals surface area contributed by atoms with Crippen molar-refractivity contribution >= 4 is 39.6 Å². The molecule has 0 radical (unpaired) electrons. The maximum Gasteiger partial charge on any atom is 0.265 e. The molecule has 0 aliphatic carbocycles. The molecular weight excluding hydrogens is 255 g/mol. The van der Waals surface area contributed by atoms with E-state index in [9.17, 15) is 14.4 Å². The zero-order valence-electron chi connectivity index (χ0n) is 7.79. The van der Waals surface area contributed by atoms with E-state index in [4.69, 9.17) is 29.0 Å². The van der Waals surface area contributed by atoms with Crippen LogP contribution in [0.1, 0.15) is 31.1 Å². The first kappa shape index (κ1) is 12.6. The Labute approximate surface area is 100 Å². The fraction of sp³-hybridized carbons (Fsp3) is 0. The molecule has 0 aliphatic heterocycles. The molecule has 0 heterocycles. The van der Waals surface area contributed by atoms with Crippen LogP contribution in [-0.4, -0.2) is 16.4 Å². The van der Waals surface area contributed by atoms with Crippen molar-refractivity contribution in [1.29, 1.82) is 0 Å². The van der Waals surface area contributed by atoms with Gasteiger partial charge in [-0.25, -0.2) is 5.84 Å². The van der Waals surface area contributed by atoms with Gasteiger partial charge in [-0.2, -0.15) is 0 Å². The first-order valence-corrected chi connectivity index (χ1v) is 4.77. The molecule has 0 aliphatic rings. The molecule has 0 unspecified atom stereocenters. The number of nitrogens with two attached hydrogens (primary N) is 1. The summed E-state index contributed by atoms with van der Waals surface area (Å²) >= 11 is 10.5. The normalized spacial score (nSPS) is 9.69. The predicted octanol–water partition coefficient (Wildman–Crippen LogP) is 1.05. The third-order valence-corrected chi connectivity index (χ3v) is 2.26.